The summed E-state index contributed by atoms with van der Waals surface area (Å²) in [7, 11) is 0. The number of Topliss-reactive ketones (excluding diaryl/α,β-unsaturated/α-hetero) is 1. The summed E-state index contributed by atoms with van der Waals surface area (Å²) in [6.45, 7) is 4.60. The van der Waals surface area contributed by atoms with Crippen LogP contribution in [0, 0.1) is 5.92 Å². The van der Waals surface area contributed by atoms with Crippen LogP contribution in [0.3, 0.4) is 0 Å². The van der Waals surface area contributed by atoms with E-state index in [1.165, 1.54) is 4.90 Å². The molecule has 0 bridgehead atoms. The predicted octanol–water partition coefficient (Wildman–Crippen LogP) is 3.57. The Labute approximate surface area is 116 Å². The first-order valence-electron chi connectivity index (χ1n) is 5.77. The average Bonchev–Trinajstić information content (AvgIpc) is 2.56. The Balaban J connectivity index is 2.45. The molecule has 0 saturated carbocycles. The zero-order chi connectivity index (χ0) is 13.4. The molecule has 0 aromatic heterocycles. The topological polar surface area (TPSA) is 37.4 Å². The maximum atomic E-state index is 11.9. The van der Waals surface area contributed by atoms with Gasteiger partial charge in [0.15, 0.2) is 0 Å². The number of anilines is 1. The number of hydrogen-bond acceptors (Lipinski definition) is 2. The minimum atomic E-state index is -0.568. The Hall–Kier alpha value is -1.06. The predicted molar refractivity (Wildman–Crippen MR) is 72.6 cm³/mol. The van der Waals surface area contributed by atoms with Crippen molar-refractivity contribution in [3.8, 4) is 0 Å². The second-order valence-electron chi connectivity index (χ2n) is 4.72. The van der Waals surface area contributed by atoms with Crippen molar-refractivity contribution >= 4 is 40.6 Å². The minimum absolute atomic E-state index is 0.234. The number of hydrogen-bond donors (Lipinski definition) is 0. The molecule has 0 aliphatic carbocycles. The number of benzene rings is 1. The second-order valence-corrected chi connectivity index (χ2v) is 5.54. The van der Waals surface area contributed by atoms with Gasteiger partial charge in [-0.15, -0.1) is 0 Å². The summed E-state index contributed by atoms with van der Waals surface area (Å²) < 4.78 is 0. The first-order valence-corrected chi connectivity index (χ1v) is 6.53. The molecule has 1 aliphatic rings. The molecule has 96 valence electrons. The van der Waals surface area contributed by atoms with Crippen LogP contribution < -0.4 is 4.90 Å². The highest BCUT2D eigenvalue weighted by atomic mass is 35.5. The first kappa shape index (κ1) is 13.4. The summed E-state index contributed by atoms with van der Waals surface area (Å²) in [5.74, 6) is -0.670. The Kier molecular flexibility index (Phi) is 3.64. The van der Waals surface area contributed by atoms with E-state index in [0.717, 1.165) is 6.42 Å². The van der Waals surface area contributed by atoms with Gasteiger partial charge in [-0.25, -0.2) is 0 Å². The highest BCUT2D eigenvalue weighted by Gasteiger charge is 2.38. The standard InChI is InChI=1S/C13H13Cl2NO2/c1-7(2)5-6-16-11-9(15)4-3-8(14)10(11)12(17)13(16)18/h3-4,7H,5-6H2,1-2H3. The van der Waals surface area contributed by atoms with Crippen LogP contribution in [-0.2, 0) is 4.79 Å². The van der Waals surface area contributed by atoms with Gasteiger partial charge in [-0.2, -0.15) is 0 Å². The maximum absolute atomic E-state index is 11.9. The van der Waals surface area contributed by atoms with Crippen molar-refractivity contribution in [3.05, 3.63) is 27.7 Å². The number of ketones is 1. The van der Waals surface area contributed by atoms with Gasteiger partial charge in [-0.1, -0.05) is 37.0 Å². The number of halogens is 2. The Bertz CT molecular complexity index is 526. The molecule has 0 spiro atoms. The van der Waals surface area contributed by atoms with Crippen LogP contribution in [0.25, 0.3) is 0 Å². The van der Waals surface area contributed by atoms with Gasteiger partial charge in [0, 0.05) is 6.54 Å². The fourth-order valence-corrected chi connectivity index (χ4v) is 2.45. The van der Waals surface area contributed by atoms with Crippen LogP contribution >= 0.6 is 23.2 Å². The SMILES string of the molecule is CC(C)CCN1C(=O)C(=O)c2c(Cl)ccc(Cl)c21. The quantitative estimate of drug-likeness (QED) is 0.796. The fraction of sp³-hybridized carbons (Fsp3) is 0.385. The number of fused-ring (bicyclic) bond motifs is 1. The molecule has 5 heteroatoms. The minimum Gasteiger partial charge on any atom is -0.303 e. The molecule has 3 nitrogen and oxygen atoms in total. The molecular formula is C13H13Cl2NO2. The lowest BCUT2D eigenvalue weighted by molar-refractivity contribution is -0.114. The Morgan fingerprint density at radius 2 is 1.78 bits per heavy atom. The van der Waals surface area contributed by atoms with Crippen LogP contribution in [-0.4, -0.2) is 18.2 Å². The average molecular weight is 286 g/mol. The number of carbonyl (C=O) groups excluding carboxylic acids is 2. The third-order valence-electron chi connectivity index (χ3n) is 2.94. The number of carbonyl (C=O) groups is 2. The molecule has 0 radical (unpaired) electrons. The van der Waals surface area contributed by atoms with Crippen molar-refractivity contribution in [1.82, 2.24) is 0 Å². The van der Waals surface area contributed by atoms with Gasteiger partial charge in [0.1, 0.15) is 0 Å². The highest BCUT2D eigenvalue weighted by molar-refractivity contribution is 6.56. The van der Waals surface area contributed by atoms with E-state index in [4.69, 9.17) is 23.2 Å². The van der Waals surface area contributed by atoms with Crippen molar-refractivity contribution < 1.29 is 9.59 Å². The largest absolute Gasteiger partial charge is 0.303 e. The number of rotatable bonds is 3. The Morgan fingerprint density at radius 3 is 2.39 bits per heavy atom. The van der Waals surface area contributed by atoms with Gasteiger partial charge in [-0.3, -0.25) is 9.59 Å². The van der Waals surface area contributed by atoms with Crippen LogP contribution in [0.4, 0.5) is 5.69 Å². The maximum Gasteiger partial charge on any atom is 0.299 e. The van der Waals surface area contributed by atoms with E-state index in [0.29, 0.717) is 23.2 Å². The Morgan fingerprint density at radius 1 is 1.17 bits per heavy atom. The van der Waals surface area contributed by atoms with E-state index in [1.807, 2.05) is 0 Å². The van der Waals surface area contributed by atoms with E-state index in [2.05, 4.69) is 13.8 Å². The molecule has 0 unspecified atom stereocenters. The van der Waals surface area contributed by atoms with Gasteiger partial charge >= 0.3 is 0 Å². The van der Waals surface area contributed by atoms with Crippen LogP contribution in [0.5, 0.6) is 0 Å². The lowest BCUT2D eigenvalue weighted by Crippen LogP contribution is -2.31. The summed E-state index contributed by atoms with van der Waals surface area (Å²) in [5.41, 5.74) is 0.692. The third kappa shape index (κ3) is 2.13. The van der Waals surface area contributed by atoms with Crippen molar-refractivity contribution in [2.24, 2.45) is 5.92 Å². The molecule has 0 fully saturated rings. The molecule has 1 aromatic rings. The summed E-state index contributed by atoms with van der Waals surface area (Å²) in [5, 5.41) is 0.664. The van der Waals surface area contributed by atoms with Crippen molar-refractivity contribution in [1.29, 1.82) is 0 Å². The van der Waals surface area contributed by atoms with E-state index < -0.39 is 11.7 Å². The third-order valence-corrected chi connectivity index (χ3v) is 3.56. The molecule has 0 saturated heterocycles. The molecule has 1 heterocycles. The summed E-state index contributed by atoms with van der Waals surface area (Å²) >= 11 is 12.0. The second kappa shape index (κ2) is 4.90. The molecule has 0 atom stereocenters. The van der Waals surface area contributed by atoms with Gasteiger partial charge in [-0.05, 0) is 24.5 Å². The van der Waals surface area contributed by atoms with E-state index in [9.17, 15) is 9.59 Å². The van der Waals surface area contributed by atoms with E-state index in [-0.39, 0.29) is 10.6 Å². The summed E-state index contributed by atoms with van der Waals surface area (Å²) in [4.78, 5) is 25.3. The van der Waals surface area contributed by atoms with Crippen molar-refractivity contribution in [3.63, 3.8) is 0 Å². The molecule has 1 aliphatic heterocycles. The van der Waals surface area contributed by atoms with Crippen LogP contribution in [0.15, 0.2) is 12.1 Å². The first-order chi connectivity index (χ1) is 8.43. The van der Waals surface area contributed by atoms with Gasteiger partial charge < -0.3 is 4.90 Å². The summed E-state index contributed by atoms with van der Waals surface area (Å²) in [6, 6.07) is 3.15. The van der Waals surface area contributed by atoms with Gasteiger partial charge in [0.25, 0.3) is 11.7 Å². The summed E-state index contributed by atoms with van der Waals surface area (Å²) in [6.07, 6.45) is 0.807. The number of nitrogens with zero attached hydrogens (tertiary/aromatic N) is 1. The van der Waals surface area contributed by atoms with Gasteiger partial charge in [0.2, 0.25) is 0 Å². The normalized spacial score (nSPS) is 14.6. The molecule has 1 amide bonds. The van der Waals surface area contributed by atoms with E-state index >= 15 is 0 Å². The fourth-order valence-electron chi connectivity index (χ4n) is 1.95. The van der Waals surface area contributed by atoms with Crippen LogP contribution in [0.1, 0.15) is 30.6 Å². The molecule has 1 aromatic carbocycles. The highest BCUT2D eigenvalue weighted by Crippen LogP contribution is 2.40. The van der Waals surface area contributed by atoms with Crippen molar-refractivity contribution in [2.75, 3.05) is 11.4 Å². The molecule has 18 heavy (non-hydrogen) atoms. The monoisotopic (exact) mass is 285 g/mol. The molecule has 2 rings (SSSR count). The lowest BCUT2D eigenvalue weighted by atomic mass is 10.1. The van der Waals surface area contributed by atoms with E-state index in [1.54, 1.807) is 12.1 Å². The van der Waals surface area contributed by atoms with Crippen molar-refractivity contribution in [2.45, 2.75) is 20.3 Å². The molecular weight excluding hydrogens is 273 g/mol. The zero-order valence-electron chi connectivity index (χ0n) is 10.2. The molecule has 0 N–H and O–H groups in total. The number of amides is 1. The zero-order valence-corrected chi connectivity index (χ0v) is 11.7. The smallest absolute Gasteiger partial charge is 0.299 e. The lowest BCUT2D eigenvalue weighted by Gasteiger charge is -2.18. The van der Waals surface area contributed by atoms with Gasteiger partial charge in [0.05, 0.1) is 21.3 Å². The van der Waals surface area contributed by atoms with Crippen LogP contribution in [0.2, 0.25) is 10.0 Å².